The molecule has 2 heterocycles. The van der Waals surface area contributed by atoms with E-state index < -0.39 is 0 Å². The molecule has 1 amide bonds. The molecule has 4 nitrogen and oxygen atoms in total. The smallest absolute Gasteiger partial charge is 0.278 e. The van der Waals surface area contributed by atoms with Crippen molar-refractivity contribution >= 4 is 34.6 Å². The first-order chi connectivity index (χ1) is 10.1. The Hall–Kier alpha value is -1.75. The van der Waals surface area contributed by atoms with E-state index in [4.69, 9.17) is 0 Å². The molecule has 3 rings (SSSR count). The highest BCUT2D eigenvalue weighted by molar-refractivity contribution is 8.13. The number of hydrogen-bond donors (Lipinski definition) is 0. The Morgan fingerprint density at radius 1 is 1.24 bits per heavy atom. The van der Waals surface area contributed by atoms with Crippen molar-refractivity contribution in [1.29, 1.82) is 0 Å². The van der Waals surface area contributed by atoms with Crippen molar-refractivity contribution in [3.05, 3.63) is 35.5 Å². The zero-order valence-corrected chi connectivity index (χ0v) is 13.2. The fraction of sp³-hybridized carbons (Fsp3) is 0.375. The number of anilines is 1. The van der Waals surface area contributed by atoms with Crippen LogP contribution in [0.1, 0.15) is 18.4 Å². The van der Waals surface area contributed by atoms with E-state index in [0.717, 1.165) is 41.6 Å². The van der Waals surface area contributed by atoms with Crippen LogP contribution in [0.15, 0.2) is 35.0 Å². The summed E-state index contributed by atoms with van der Waals surface area (Å²) < 4.78 is 0. The first kappa shape index (κ1) is 14.2. The summed E-state index contributed by atoms with van der Waals surface area (Å²) in [5.74, 6) is 1.09. The molecule has 21 heavy (non-hydrogen) atoms. The lowest BCUT2D eigenvalue weighted by atomic mass is 10.1. The topological polar surface area (TPSA) is 35.9 Å². The average molecular weight is 301 g/mol. The Bertz CT molecular complexity index is 604. The minimum Gasteiger partial charge on any atom is -0.378 e. The van der Waals surface area contributed by atoms with Gasteiger partial charge >= 0.3 is 0 Å². The third-order valence-electron chi connectivity index (χ3n) is 3.63. The summed E-state index contributed by atoms with van der Waals surface area (Å²) >= 11 is 1.69. The van der Waals surface area contributed by atoms with Gasteiger partial charge in [0.15, 0.2) is 5.17 Å². The standard InChI is InChI=1S/C16H19N3OS/c1-18(2)13-7-5-12(6-8-13)11-14-15(20)19-9-3-4-10-21-16(19)17-14/h5-8,11H,3-4,9-10H2,1-2H3/b14-11-. The molecular weight excluding hydrogens is 282 g/mol. The van der Waals surface area contributed by atoms with Crippen LogP contribution in [0.4, 0.5) is 5.69 Å². The van der Waals surface area contributed by atoms with Crippen LogP contribution >= 0.6 is 11.8 Å². The normalized spacial score (nSPS) is 20.3. The molecule has 1 fully saturated rings. The number of carbonyl (C=O) groups excluding carboxylic acids is 1. The molecular formula is C16H19N3OS. The third kappa shape index (κ3) is 2.97. The van der Waals surface area contributed by atoms with Gasteiger partial charge in [0, 0.05) is 32.1 Å². The molecule has 1 aromatic carbocycles. The van der Waals surface area contributed by atoms with Gasteiger partial charge in [0.1, 0.15) is 5.70 Å². The van der Waals surface area contributed by atoms with Gasteiger partial charge in [-0.1, -0.05) is 23.9 Å². The molecule has 5 heteroatoms. The number of carbonyl (C=O) groups is 1. The average Bonchev–Trinajstić information content (AvgIpc) is 2.66. The second-order valence-corrected chi connectivity index (χ2v) is 6.48. The predicted molar refractivity (Wildman–Crippen MR) is 89.6 cm³/mol. The van der Waals surface area contributed by atoms with Crippen LogP contribution in [0.2, 0.25) is 0 Å². The van der Waals surface area contributed by atoms with Gasteiger partial charge in [0.05, 0.1) is 0 Å². The predicted octanol–water partition coefficient (Wildman–Crippen LogP) is 2.82. The summed E-state index contributed by atoms with van der Waals surface area (Å²) in [6.45, 7) is 0.793. The molecule has 1 aromatic rings. The van der Waals surface area contributed by atoms with E-state index in [1.807, 2.05) is 49.3 Å². The van der Waals surface area contributed by atoms with Crippen LogP contribution in [-0.4, -0.2) is 42.4 Å². The van der Waals surface area contributed by atoms with E-state index in [0.29, 0.717) is 5.70 Å². The minimum atomic E-state index is 0.0380. The number of thioether (sulfide) groups is 1. The van der Waals surface area contributed by atoms with Gasteiger partial charge in [-0.05, 0) is 36.6 Å². The maximum atomic E-state index is 12.4. The lowest BCUT2D eigenvalue weighted by molar-refractivity contribution is -0.122. The Morgan fingerprint density at radius 3 is 2.71 bits per heavy atom. The first-order valence-electron chi connectivity index (χ1n) is 7.17. The fourth-order valence-electron chi connectivity index (χ4n) is 2.40. The van der Waals surface area contributed by atoms with E-state index in [2.05, 4.69) is 9.89 Å². The van der Waals surface area contributed by atoms with Crippen LogP contribution in [0.5, 0.6) is 0 Å². The van der Waals surface area contributed by atoms with E-state index in [1.54, 1.807) is 11.8 Å². The number of hydrogen-bond acceptors (Lipinski definition) is 4. The summed E-state index contributed by atoms with van der Waals surface area (Å²) in [6.07, 6.45) is 4.09. The van der Waals surface area contributed by atoms with Crippen molar-refractivity contribution in [2.45, 2.75) is 12.8 Å². The molecule has 0 saturated carbocycles. The molecule has 0 aromatic heterocycles. The van der Waals surface area contributed by atoms with Gasteiger partial charge in [0.2, 0.25) is 0 Å². The summed E-state index contributed by atoms with van der Waals surface area (Å²) in [4.78, 5) is 20.8. The molecule has 0 N–H and O–H groups in total. The highest BCUT2D eigenvalue weighted by Gasteiger charge is 2.31. The zero-order valence-electron chi connectivity index (χ0n) is 12.4. The number of nitrogens with zero attached hydrogens (tertiary/aromatic N) is 3. The van der Waals surface area contributed by atoms with Gasteiger partial charge in [-0.15, -0.1) is 0 Å². The maximum Gasteiger partial charge on any atom is 0.278 e. The molecule has 2 aliphatic rings. The lowest BCUT2D eigenvalue weighted by Gasteiger charge is -2.13. The van der Waals surface area contributed by atoms with Crippen LogP contribution in [-0.2, 0) is 4.79 Å². The molecule has 0 aliphatic carbocycles. The second-order valence-electron chi connectivity index (χ2n) is 5.42. The Morgan fingerprint density at radius 2 is 2.00 bits per heavy atom. The summed E-state index contributed by atoms with van der Waals surface area (Å²) in [6, 6.07) is 8.14. The SMILES string of the molecule is CN(C)c1ccc(/C=C2\N=C3SCCCCN3C2=O)cc1. The largest absolute Gasteiger partial charge is 0.378 e. The maximum absolute atomic E-state index is 12.4. The van der Waals surface area contributed by atoms with Crippen molar-refractivity contribution in [3.63, 3.8) is 0 Å². The van der Waals surface area contributed by atoms with E-state index >= 15 is 0 Å². The molecule has 0 radical (unpaired) electrons. The number of benzene rings is 1. The summed E-state index contributed by atoms with van der Waals surface area (Å²) in [5.41, 5.74) is 2.71. The number of aliphatic imine (C=N–C) groups is 1. The van der Waals surface area contributed by atoms with Crippen molar-refractivity contribution in [3.8, 4) is 0 Å². The molecule has 0 bridgehead atoms. The number of amides is 1. The summed E-state index contributed by atoms with van der Waals surface area (Å²) in [5, 5.41) is 0.869. The van der Waals surface area contributed by atoms with Gasteiger partial charge in [-0.3, -0.25) is 9.69 Å². The molecule has 0 unspecified atom stereocenters. The van der Waals surface area contributed by atoms with Gasteiger partial charge in [0.25, 0.3) is 5.91 Å². The van der Waals surface area contributed by atoms with Crippen molar-refractivity contribution in [2.24, 2.45) is 4.99 Å². The number of rotatable bonds is 2. The van der Waals surface area contributed by atoms with Crippen LogP contribution < -0.4 is 4.90 Å². The highest BCUT2D eigenvalue weighted by Crippen LogP contribution is 2.27. The number of amidine groups is 1. The fourth-order valence-corrected chi connectivity index (χ4v) is 3.42. The number of fused-ring (bicyclic) bond motifs is 1. The van der Waals surface area contributed by atoms with Gasteiger partial charge < -0.3 is 4.90 Å². The molecule has 110 valence electrons. The monoisotopic (exact) mass is 301 g/mol. The van der Waals surface area contributed by atoms with Gasteiger partial charge in [-0.25, -0.2) is 4.99 Å². The third-order valence-corrected chi connectivity index (χ3v) is 4.69. The van der Waals surface area contributed by atoms with Crippen molar-refractivity contribution in [2.75, 3.05) is 31.3 Å². The molecule has 2 aliphatic heterocycles. The van der Waals surface area contributed by atoms with Crippen LogP contribution in [0.25, 0.3) is 6.08 Å². The minimum absolute atomic E-state index is 0.0380. The molecule has 0 spiro atoms. The van der Waals surface area contributed by atoms with Crippen LogP contribution in [0.3, 0.4) is 0 Å². The summed E-state index contributed by atoms with van der Waals surface area (Å²) in [7, 11) is 4.02. The van der Waals surface area contributed by atoms with E-state index in [-0.39, 0.29) is 5.91 Å². The van der Waals surface area contributed by atoms with E-state index in [9.17, 15) is 4.79 Å². The van der Waals surface area contributed by atoms with Gasteiger partial charge in [-0.2, -0.15) is 0 Å². The van der Waals surface area contributed by atoms with Crippen LogP contribution in [0, 0.1) is 0 Å². The molecule has 1 saturated heterocycles. The quantitative estimate of drug-likeness (QED) is 0.788. The Balaban J connectivity index is 1.84. The van der Waals surface area contributed by atoms with Crippen molar-refractivity contribution < 1.29 is 4.79 Å². The molecule has 0 atom stereocenters. The first-order valence-corrected chi connectivity index (χ1v) is 8.16. The lowest BCUT2D eigenvalue weighted by Crippen LogP contribution is -2.30. The second kappa shape index (κ2) is 5.93. The Labute approximate surface area is 129 Å². The van der Waals surface area contributed by atoms with Crippen molar-refractivity contribution in [1.82, 2.24) is 4.90 Å². The van der Waals surface area contributed by atoms with E-state index in [1.165, 1.54) is 0 Å². The zero-order chi connectivity index (χ0) is 14.8. The Kier molecular flexibility index (Phi) is 4.01. The highest BCUT2D eigenvalue weighted by atomic mass is 32.2.